The number of carbonyl (C=O) groups excluding carboxylic acids is 2. The normalized spacial score (nSPS) is 13.9. The van der Waals surface area contributed by atoms with Crippen LogP contribution < -0.4 is 8.85 Å². The molecule has 0 saturated carbocycles. The second-order valence-electron chi connectivity index (χ2n) is 8.50. The first-order chi connectivity index (χ1) is 11.9. The second-order valence-corrected chi connectivity index (χ2v) is 17.4. The van der Waals surface area contributed by atoms with Crippen molar-refractivity contribution in [3.63, 3.8) is 0 Å². The van der Waals surface area contributed by atoms with Crippen molar-refractivity contribution in [1.82, 2.24) is 0 Å². The highest BCUT2D eigenvalue weighted by molar-refractivity contribution is 6.70. The maximum absolute atomic E-state index is 12.9. The van der Waals surface area contributed by atoms with Gasteiger partial charge in [-0.1, -0.05) is 0 Å². The zero-order chi connectivity index (χ0) is 19.3. The molecule has 0 fully saturated rings. The first kappa shape index (κ1) is 18.6. The molecule has 6 heteroatoms. The van der Waals surface area contributed by atoms with Gasteiger partial charge in [0.2, 0.25) is 16.6 Å². The SMILES string of the molecule is C[Si](C)(C)Oc1ccc2c(c1)C(=O)c1ccc(O[Si](C)(C)C)cc1C2=O. The van der Waals surface area contributed by atoms with E-state index in [1.54, 1.807) is 36.4 Å². The van der Waals surface area contributed by atoms with Crippen LogP contribution in [0.3, 0.4) is 0 Å². The molecular formula is C20H24O4Si2. The summed E-state index contributed by atoms with van der Waals surface area (Å²) in [6.07, 6.45) is 0. The minimum Gasteiger partial charge on any atom is -0.544 e. The third-order valence-corrected chi connectivity index (χ3v) is 5.50. The molecule has 0 radical (unpaired) electrons. The summed E-state index contributed by atoms with van der Waals surface area (Å²) >= 11 is 0. The van der Waals surface area contributed by atoms with Crippen molar-refractivity contribution >= 4 is 28.2 Å². The molecule has 0 unspecified atom stereocenters. The van der Waals surface area contributed by atoms with Crippen molar-refractivity contribution in [3.05, 3.63) is 58.7 Å². The molecule has 0 amide bonds. The molecule has 26 heavy (non-hydrogen) atoms. The Morgan fingerprint density at radius 3 is 1.23 bits per heavy atom. The van der Waals surface area contributed by atoms with Gasteiger partial charge in [-0.25, -0.2) is 0 Å². The van der Waals surface area contributed by atoms with Crippen LogP contribution in [0.1, 0.15) is 31.8 Å². The fourth-order valence-electron chi connectivity index (χ4n) is 2.94. The summed E-state index contributed by atoms with van der Waals surface area (Å²) in [6, 6.07) is 10.3. The average molecular weight is 385 g/mol. The van der Waals surface area contributed by atoms with E-state index in [0.717, 1.165) is 0 Å². The van der Waals surface area contributed by atoms with Gasteiger partial charge >= 0.3 is 0 Å². The third kappa shape index (κ3) is 3.81. The van der Waals surface area contributed by atoms with Gasteiger partial charge in [-0.05, 0) is 75.7 Å². The molecule has 0 aromatic heterocycles. The molecule has 0 aliphatic heterocycles. The minimum atomic E-state index is -1.79. The standard InChI is InChI=1S/C20H24O4Si2/c1-25(2,3)23-13-7-9-15-17(11-13)19(21)16-10-8-14(24-26(4,5)6)12-18(16)20(15)22/h7-12H,1-6H3. The van der Waals surface area contributed by atoms with Crippen LogP contribution in [0.25, 0.3) is 0 Å². The van der Waals surface area contributed by atoms with Crippen LogP contribution in [0.5, 0.6) is 11.5 Å². The predicted molar refractivity (Wildman–Crippen MR) is 108 cm³/mol. The number of carbonyl (C=O) groups is 2. The number of ketones is 2. The summed E-state index contributed by atoms with van der Waals surface area (Å²) < 4.78 is 11.9. The lowest BCUT2D eigenvalue weighted by molar-refractivity contribution is 0.0979. The first-order valence-electron chi connectivity index (χ1n) is 8.70. The van der Waals surface area contributed by atoms with Crippen LogP contribution >= 0.6 is 0 Å². The molecule has 136 valence electrons. The van der Waals surface area contributed by atoms with Crippen molar-refractivity contribution in [2.45, 2.75) is 39.3 Å². The van der Waals surface area contributed by atoms with Crippen molar-refractivity contribution in [1.29, 1.82) is 0 Å². The molecule has 2 aromatic rings. The van der Waals surface area contributed by atoms with Gasteiger partial charge in [0.15, 0.2) is 11.6 Å². The Morgan fingerprint density at radius 1 is 0.577 bits per heavy atom. The molecule has 1 aliphatic carbocycles. The Labute approximate surface area is 156 Å². The highest BCUT2D eigenvalue weighted by atomic mass is 28.4. The fourth-order valence-corrected chi connectivity index (χ4v) is 4.61. The van der Waals surface area contributed by atoms with E-state index in [4.69, 9.17) is 8.85 Å². The smallest absolute Gasteiger partial charge is 0.242 e. The van der Waals surface area contributed by atoms with Crippen LogP contribution in [0.4, 0.5) is 0 Å². The molecule has 0 spiro atoms. The summed E-state index contributed by atoms with van der Waals surface area (Å²) in [5, 5.41) is 0. The molecule has 4 nitrogen and oxygen atoms in total. The average Bonchev–Trinajstić information content (AvgIpc) is 2.49. The van der Waals surface area contributed by atoms with Gasteiger partial charge in [0.1, 0.15) is 11.5 Å². The highest BCUT2D eigenvalue weighted by Crippen LogP contribution is 2.33. The van der Waals surface area contributed by atoms with Gasteiger partial charge in [-0.3, -0.25) is 9.59 Å². The minimum absolute atomic E-state index is 0.143. The Kier molecular flexibility index (Phi) is 4.44. The number of rotatable bonds is 4. The Morgan fingerprint density at radius 2 is 0.923 bits per heavy atom. The largest absolute Gasteiger partial charge is 0.544 e. The van der Waals surface area contributed by atoms with E-state index < -0.39 is 16.6 Å². The van der Waals surface area contributed by atoms with Crippen LogP contribution in [-0.4, -0.2) is 28.2 Å². The zero-order valence-corrected chi connectivity index (χ0v) is 18.1. The van der Waals surface area contributed by atoms with E-state index in [2.05, 4.69) is 39.3 Å². The Bertz CT molecular complexity index is 830. The number of hydrogen-bond acceptors (Lipinski definition) is 4. The summed E-state index contributed by atoms with van der Waals surface area (Å²) in [5.74, 6) is 1.00. The zero-order valence-electron chi connectivity index (χ0n) is 16.1. The number of hydrogen-bond donors (Lipinski definition) is 0. The van der Waals surface area contributed by atoms with Crippen LogP contribution in [0.2, 0.25) is 39.3 Å². The Balaban J connectivity index is 2.02. The van der Waals surface area contributed by atoms with Gasteiger partial charge in [0.25, 0.3) is 0 Å². The lowest BCUT2D eigenvalue weighted by Crippen LogP contribution is -2.30. The van der Waals surface area contributed by atoms with Gasteiger partial charge in [-0.2, -0.15) is 0 Å². The Hall–Kier alpha value is -2.19. The second kappa shape index (κ2) is 6.21. The quantitative estimate of drug-likeness (QED) is 0.601. The van der Waals surface area contributed by atoms with E-state index in [9.17, 15) is 9.59 Å². The maximum Gasteiger partial charge on any atom is 0.242 e. The molecular weight excluding hydrogens is 360 g/mol. The highest BCUT2D eigenvalue weighted by Gasteiger charge is 2.31. The molecule has 0 saturated heterocycles. The summed E-state index contributed by atoms with van der Waals surface area (Å²) in [6.45, 7) is 12.5. The molecule has 0 bridgehead atoms. The third-order valence-electron chi connectivity index (χ3n) is 3.81. The molecule has 0 atom stereocenters. The molecule has 1 aliphatic rings. The molecule has 2 aromatic carbocycles. The van der Waals surface area contributed by atoms with Crippen molar-refractivity contribution in [2.24, 2.45) is 0 Å². The van der Waals surface area contributed by atoms with E-state index >= 15 is 0 Å². The van der Waals surface area contributed by atoms with Crippen LogP contribution in [0, 0.1) is 0 Å². The lowest BCUT2D eigenvalue weighted by Gasteiger charge is -2.24. The summed E-state index contributed by atoms with van der Waals surface area (Å²) in [5.41, 5.74) is 1.68. The molecule has 3 rings (SSSR count). The van der Waals surface area contributed by atoms with Crippen LogP contribution in [-0.2, 0) is 0 Å². The van der Waals surface area contributed by atoms with Crippen molar-refractivity contribution < 1.29 is 18.4 Å². The van der Waals surface area contributed by atoms with Gasteiger partial charge < -0.3 is 8.85 Å². The van der Waals surface area contributed by atoms with E-state index in [0.29, 0.717) is 33.8 Å². The van der Waals surface area contributed by atoms with Gasteiger partial charge in [-0.15, -0.1) is 0 Å². The number of fused-ring (bicyclic) bond motifs is 2. The number of benzene rings is 2. The topological polar surface area (TPSA) is 52.6 Å². The summed E-state index contributed by atoms with van der Waals surface area (Å²) in [4.78, 5) is 25.9. The van der Waals surface area contributed by atoms with Crippen LogP contribution in [0.15, 0.2) is 36.4 Å². The van der Waals surface area contributed by atoms with Crippen molar-refractivity contribution in [3.8, 4) is 11.5 Å². The first-order valence-corrected chi connectivity index (χ1v) is 15.5. The fraction of sp³-hybridized carbons (Fsp3) is 0.300. The van der Waals surface area contributed by atoms with Gasteiger partial charge in [0.05, 0.1) is 0 Å². The van der Waals surface area contributed by atoms with E-state index in [1.807, 2.05) is 0 Å². The predicted octanol–water partition coefficient (Wildman–Crippen LogP) is 4.89. The van der Waals surface area contributed by atoms with Gasteiger partial charge in [0, 0.05) is 22.3 Å². The lowest BCUT2D eigenvalue weighted by atomic mass is 9.84. The van der Waals surface area contributed by atoms with E-state index in [1.165, 1.54) is 0 Å². The van der Waals surface area contributed by atoms with E-state index in [-0.39, 0.29) is 11.6 Å². The maximum atomic E-state index is 12.9. The molecule has 0 N–H and O–H groups in total. The molecule has 0 heterocycles. The monoisotopic (exact) mass is 384 g/mol. The summed E-state index contributed by atoms with van der Waals surface area (Å²) in [7, 11) is -3.59. The van der Waals surface area contributed by atoms with Crippen molar-refractivity contribution in [2.75, 3.05) is 0 Å².